The lowest BCUT2D eigenvalue weighted by atomic mass is 10.1. The summed E-state index contributed by atoms with van der Waals surface area (Å²) in [6, 6.07) is 19.3. The Morgan fingerprint density at radius 3 is 2.64 bits per heavy atom. The molecule has 0 radical (unpaired) electrons. The molecule has 1 N–H and O–H groups in total. The highest BCUT2D eigenvalue weighted by molar-refractivity contribution is 5.33. The first kappa shape index (κ1) is 16.6. The molecule has 0 spiro atoms. The molecule has 0 amide bonds. The molecule has 0 bridgehead atoms. The Labute approximate surface area is 149 Å². The molecule has 2 fully saturated rings. The van der Waals surface area contributed by atoms with Gasteiger partial charge in [0, 0.05) is 38.3 Å². The number of fused-ring (bicyclic) bond motifs is 1. The molecule has 0 unspecified atom stereocenters. The lowest BCUT2D eigenvalue weighted by Gasteiger charge is -2.42. The number of rotatable bonds is 4. The Morgan fingerprint density at radius 1 is 1.00 bits per heavy atom. The van der Waals surface area contributed by atoms with E-state index in [0.717, 1.165) is 44.1 Å². The molecule has 2 heterocycles. The van der Waals surface area contributed by atoms with Crippen molar-refractivity contribution in [3.8, 4) is 11.5 Å². The van der Waals surface area contributed by atoms with Crippen molar-refractivity contribution in [1.82, 2.24) is 9.80 Å². The summed E-state index contributed by atoms with van der Waals surface area (Å²) >= 11 is 0. The summed E-state index contributed by atoms with van der Waals surface area (Å²) in [7, 11) is 0. The zero-order chi connectivity index (χ0) is 17.2. The molecule has 0 saturated carbocycles. The molecule has 2 saturated heterocycles. The number of aliphatic hydroxyl groups is 1. The van der Waals surface area contributed by atoms with Gasteiger partial charge in [0.15, 0.2) is 0 Å². The van der Waals surface area contributed by atoms with Gasteiger partial charge in [-0.3, -0.25) is 9.80 Å². The van der Waals surface area contributed by atoms with Gasteiger partial charge in [0.25, 0.3) is 0 Å². The van der Waals surface area contributed by atoms with Crippen LogP contribution in [0, 0.1) is 0 Å². The van der Waals surface area contributed by atoms with E-state index in [2.05, 4.69) is 34.9 Å². The topological polar surface area (TPSA) is 35.9 Å². The molecule has 3 atom stereocenters. The lowest BCUT2D eigenvalue weighted by Crippen LogP contribution is -2.54. The fourth-order valence-electron chi connectivity index (χ4n) is 4.06. The average Bonchev–Trinajstić information content (AvgIpc) is 2.95. The molecule has 4 heteroatoms. The normalized spacial score (nSPS) is 27.2. The highest BCUT2D eigenvalue weighted by Gasteiger charge is 2.37. The average molecular weight is 338 g/mol. The highest BCUT2D eigenvalue weighted by Crippen LogP contribution is 2.27. The maximum absolute atomic E-state index is 9.92. The van der Waals surface area contributed by atoms with Crippen molar-refractivity contribution in [1.29, 1.82) is 0 Å². The summed E-state index contributed by atoms with van der Waals surface area (Å²) in [6.07, 6.45) is 0.750. The van der Waals surface area contributed by atoms with Crippen LogP contribution in [0.4, 0.5) is 0 Å². The second kappa shape index (κ2) is 7.16. The van der Waals surface area contributed by atoms with E-state index in [4.69, 9.17) is 4.74 Å². The molecule has 4 nitrogen and oxygen atoms in total. The SMILES string of the molecule is C[C@H]1CN2C[C@H](O)C[C@@H]2CN1Cc1cccc(Oc2ccccc2)c1. The third kappa shape index (κ3) is 3.87. The van der Waals surface area contributed by atoms with Crippen molar-refractivity contribution < 1.29 is 9.84 Å². The Hall–Kier alpha value is -1.88. The first-order valence-electron chi connectivity index (χ1n) is 9.15. The Morgan fingerprint density at radius 2 is 1.80 bits per heavy atom. The molecule has 0 aromatic heterocycles. The fourth-order valence-corrected chi connectivity index (χ4v) is 4.06. The van der Waals surface area contributed by atoms with Crippen molar-refractivity contribution in [2.75, 3.05) is 19.6 Å². The molecule has 2 aromatic rings. The van der Waals surface area contributed by atoms with E-state index in [1.165, 1.54) is 5.56 Å². The van der Waals surface area contributed by atoms with Gasteiger partial charge >= 0.3 is 0 Å². The molecular formula is C21H26N2O2. The Balaban J connectivity index is 1.43. The van der Waals surface area contributed by atoms with Crippen molar-refractivity contribution in [3.05, 3.63) is 60.2 Å². The third-order valence-electron chi connectivity index (χ3n) is 5.34. The summed E-state index contributed by atoms with van der Waals surface area (Å²) in [5.41, 5.74) is 1.27. The van der Waals surface area contributed by atoms with Crippen LogP contribution in [0.1, 0.15) is 18.9 Å². The van der Waals surface area contributed by atoms with Gasteiger partial charge in [0.05, 0.1) is 6.10 Å². The molecule has 132 valence electrons. The summed E-state index contributed by atoms with van der Waals surface area (Å²) in [5.74, 6) is 1.74. The number of nitrogens with zero attached hydrogens (tertiary/aromatic N) is 2. The first-order chi connectivity index (χ1) is 12.2. The zero-order valence-corrected chi connectivity index (χ0v) is 14.7. The summed E-state index contributed by atoms with van der Waals surface area (Å²) < 4.78 is 5.96. The summed E-state index contributed by atoms with van der Waals surface area (Å²) in [6.45, 7) is 6.12. The Kier molecular flexibility index (Phi) is 4.75. The van der Waals surface area contributed by atoms with Gasteiger partial charge in [-0.2, -0.15) is 0 Å². The predicted octanol–water partition coefficient (Wildman–Crippen LogP) is 3.12. The number of benzene rings is 2. The molecule has 4 rings (SSSR count). The molecular weight excluding hydrogens is 312 g/mol. The van der Waals surface area contributed by atoms with E-state index >= 15 is 0 Å². The van der Waals surface area contributed by atoms with Gasteiger partial charge in [-0.1, -0.05) is 30.3 Å². The van der Waals surface area contributed by atoms with E-state index < -0.39 is 0 Å². The summed E-state index contributed by atoms with van der Waals surface area (Å²) in [4.78, 5) is 4.97. The second-order valence-corrected chi connectivity index (χ2v) is 7.34. The van der Waals surface area contributed by atoms with Crippen LogP contribution in [0.15, 0.2) is 54.6 Å². The van der Waals surface area contributed by atoms with Gasteiger partial charge in [0.1, 0.15) is 11.5 Å². The van der Waals surface area contributed by atoms with Gasteiger partial charge in [0.2, 0.25) is 0 Å². The van der Waals surface area contributed by atoms with Crippen LogP contribution in [0.3, 0.4) is 0 Å². The highest BCUT2D eigenvalue weighted by atomic mass is 16.5. The molecule has 2 aliphatic heterocycles. The van der Waals surface area contributed by atoms with Crippen molar-refractivity contribution >= 4 is 0 Å². The molecule has 2 aromatic carbocycles. The second-order valence-electron chi connectivity index (χ2n) is 7.34. The van der Waals surface area contributed by atoms with Crippen LogP contribution in [0.2, 0.25) is 0 Å². The van der Waals surface area contributed by atoms with Crippen LogP contribution in [-0.2, 0) is 6.54 Å². The lowest BCUT2D eigenvalue weighted by molar-refractivity contribution is 0.0528. The van der Waals surface area contributed by atoms with E-state index in [-0.39, 0.29) is 6.10 Å². The first-order valence-corrected chi connectivity index (χ1v) is 9.15. The minimum absolute atomic E-state index is 0.153. The van der Waals surface area contributed by atoms with Crippen LogP contribution >= 0.6 is 0 Å². The molecule has 0 aliphatic carbocycles. The number of aliphatic hydroxyl groups excluding tert-OH is 1. The summed E-state index contributed by atoms with van der Waals surface area (Å²) in [5, 5.41) is 9.92. The van der Waals surface area contributed by atoms with E-state index in [1.54, 1.807) is 0 Å². The van der Waals surface area contributed by atoms with E-state index in [0.29, 0.717) is 12.1 Å². The molecule has 25 heavy (non-hydrogen) atoms. The van der Waals surface area contributed by atoms with Crippen molar-refractivity contribution in [2.24, 2.45) is 0 Å². The van der Waals surface area contributed by atoms with Gasteiger partial charge in [-0.15, -0.1) is 0 Å². The van der Waals surface area contributed by atoms with Crippen molar-refractivity contribution in [2.45, 2.75) is 38.1 Å². The fraction of sp³-hybridized carbons (Fsp3) is 0.429. The number of piperazine rings is 1. The molecule has 2 aliphatic rings. The maximum atomic E-state index is 9.92. The quantitative estimate of drug-likeness (QED) is 0.929. The van der Waals surface area contributed by atoms with Crippen LogP contribution in [0.25, 0.3) is 0 Å². The predicted molar refractivity (Wildman–Crippen MR) is 98.8 cm³/mol. The monoisotopic (exact) mass is 338 g/mol. The van der Waals surface area contributed by atoms with Crippen LogP contribution < -0.4 is 4.74 Å². The zero-order valence-electron chi connectivity index (χ0n) is 14.7. The van der Waals surface area contributed by atoms with E-state index in [1.807, 2.05) is 36.4 Å². The minimum Gasteiger partial charge on any atom is -0.457 e. The number of para-hydroxylation sites is 1. The third-order valence-corrected chi connectivity index (χ3v) is 5.34. The number of ether oxygens (including phenoxy) is 1. The van der Waals surface area contributed by atoms with Gasteiger partial charge in [-0.05, 0) is 43.2 Å². The van der Waals surface area contributed by atoms with E-state index in [9.17, 15) is 5.11 Å². The number of hydrogen-bond acceptors (Lipinski definition) is 4. The Bertz CT molecular complexity index is 706. The smallest absolute Gasteiger partial charge is 0.127 e. The van der Waals surface area contributed by atoms with Crippen LogP contribution in [0.5, 0.6) is 11.5 Å². The maximum Gasteiger partial charge on any atom is 0.127 e. The van der Waals surface area contributed by atoms with Gasteiger partial charge in [-0.25, -0.2) is 0 Å². The van der Waals surface area contributed by atoms with Gasteiger partial charge < -0.3 is 9.84 Å². The standard InChI is InChI=1S/C21H26N2O2/c1-16-12-23-15-19(24)11-18(23)14-22(16)13-17-6-5-9-21(10-17)25-20-7-3-2-4-8-20/h2-10,16,18-19,24H,11-15H2,1H3/t16-,18+,19+/m0/s1. The number of hydrogen-bond donors (Lipinski definition) is 1. The van der Waals surface area contributed by atoms with Crippen molar-refractivity contribution in [3.63, 3.8) is 0 Å². The largest absolute Gasteiger partial charge is 0.457 e. The van der Waals surface area contributed by atoms with Crippen LogP contribution in [-0.4, -0.2) is 52.7 Å². The minimum atomic E-state index is -0.153.